The third kappa shape index (κ3) is 5.36. The second-order valence-electron chi connectivity index (χ2n) is 5.49. The lowest BCUT2D eigenvalue weighted by atomic mass is 10.00. The van der Waals surface area contributed by atoms with Crippen molar-refractivity contribution in [3.63, 3.8) is 0 Å². The summed E-state index contributed by atoms with van der Waals surface area (Å²) in [6.45, 7) is 6.79. The predicted octanol–water partition coefficient (Wildman–Crippen LogP) is 1.29. The summed E-state index contributed by atoms with van der Waals surface area (Å²) in [5, 5.41) is 3.32. The molecule has 1 aliphatic heterocycles. The van der Waals surface area contributed by atoms with Crippen molar-refractivity contribution < 1.29 is 8.42 Å². The van der Waals surface area contributed by atoms with Gasteiger partial charge in [-0.3, -0.25) is 0 Å². The maximum Gasteiger partial charge on any atom is 0.213 e. The molecule has 102 valence electrons. The third-order valence-corrected chi connectivity index (χ3v) is 5.19. The maximum absolute atomic E-state index is 12.0. The molecule has 0 spiro atoms. The van der Waals surface area contributed by atoms with E-state index in [1.54, 1.807) is 11.4 Å². The molecule has 4 nitrogen and oxygen atoms in total. The van der Waals surface area contributed by atoms with Gasteiger partial charge in [0, 0.05) is 13.6 Å². The van der Waals surface area contributed by atoms with E-state index in [4.69, 9.17) is 0 Å². The van der Waals surface area contributed by atoms with Crippen molar-refractivity contribution >= 4 is 10.0 Å². The Labute approximate surface area is 106 Å². The minimum absolute atomic E-state index is 0.279. The Morgan fingerprint density at radius 1 is 1.41 bits per heavy atom. The molecule has 17 heavy (non-hydrogen) atoms. The van der Waals surface area contributed by atoms with Gasteiger partial charge in [-0.15, -0.1) is 0 Å². The molecule has 1 fully saturated rings. The number of rotatable bonds is 6. The fourth-order valence-corrected chi connectivity index (χ4v) is 3.62. The quantitative estimate of drug-likeness (QED) is 0.785. The van der Waals surface area contributed by atoms with Gasteiger partial charge in [-0.05, 0) is 44.2 Å². The first-order chi connectivity index (χ1) is 7.92. The van der Waals surface area contributed by atoms with Crippen LogP contribution in [-0.2, 0) is 10.0 Å². The highest BCUT2D eigenvalue weighted by atomic mass is 32.2. The Morgan fingerprint density at radius 2 is 2.12 bits per heavy atom. The SMILES string of the molecule is CC(C)CCS(=O)(=O)N(C)CC1CCCNC1. The molecule has 0 radical (unpaired) electrons. The van der Waals surface area contributed by atoms with Crippen LogP contribution in [0.25, 0.3) is 0 Å². The number of hydrogen-bond donors (Lipinski definition) is 1. The van der Waals surface area contributed by atoms with Gasteiger partial charge in [-0.25, -0.2) is 12.7 Å². The van der Waals surface area contributed by atoms with Crippen LogP contribution in [0, 0.1) is 11.8 Å². The summed E-state index contributed by atoms with van der Waals surface area (Å²) in [5.41, 5.74) is 0. The Bertz CT molecular complexity index is 308. The predicted molar refractivity (Wildman–Crippen MR) is 71.5 cm³/mol. The van der Waals surface area contributed by atoms with Crippen LogP contribution in [0.2, 0.25) is 0 Å². The lowest BCUT2D eigenvalue weighted by molar-refractivity contribution is 0.314. The molecular weight excluding hydrogens is 236 g/mol. The highest BCUT2D eigenvalue weighted by molar-refractivity contribution is 7.89. The highest BCUT2D eigenvalue weighted by Crippen LogP contribution is 2.14. The molecule has 0 aromatic heterocycles. The lowest BCUT2D eigenvalue weighted by Crippen LogP contribution is -2.40. The van der Waals surface area contributed by atoms with Crippen LogP contribution in [0.4, 0.5) is 0 Å². The van der Waals surface area contributed by atoms with Crippen molar-refractivity contribution in [2.75, 3.05) is 32.4 Å². The molecule has 0 aliphatic carbocycles. The van der Waals surface area contributed by atoms with Crippen molar-refractivity contribution in [1.82, 2.24) is 9.62 Å². The summed E-state index contributed by atoms with van der Waals surface area (Å²) in [4.78, 5) is 0. The Kier molecular flexibility index (Phi) is 5.89. The Balaban J connectivity index is 2.41. The van der Waals surface area contributed by atoms with Crippen LogP contribution < -0.4 is 5.32 Å². The number of hydrogen-bond acceptors (Lipinski definition) is 3. The van der Waals surface area contributed by atoms with Crippen LogP contribution in [0.15, 0.2) is 0 Å². The van der Waals surface area contributed by atoms with Crippen molar-refractivity contribution in [2.45, 2.75) is 33.1 Å². The van der Waals surface area contributed by atoms with Crippen LogP contribution >= 0.6 is 0 Å². The molecule has 1 rings (SSSR count). The summed E-state index contributed by atoms with van der Waals surface area (Å²) < 4.78 is 25.6. The Hall–Kier alpha value is -0.130. The van der Waals surface area contributed by atoms with Crippen LogP contribution in [0.5, 0.6) is 0 Å². The number of nitrogens with zero attached hydrogens (tertiary/aromatic N) is 1. The molecule has 1 N–H and O–H groups in total. The molecule has 1 atom stereocenters. The number of nitrogens with one attached hydrogen (secondary N) is 1. The molecule has 0 amide bonds. The lowest BCUT2D eigenvalue weighted by Gasteiger charge is -2.27. The van der Waals surface area contributed by atoms with Crippen molar-refractivity contribution in [2.24, 2.45) is 11.8 Å². The monoisotopic (exact) mass is 262 g/mol. The third-order valence-electron chi connectivity index (χ3n) is 3.34. The van der Waals surface area contributed by atoms with Gasteiger partial charge in [0.25, 0.3) is 0 Å². The second-order valence-corrected chi connectivity index (χ2v) is 7.69. The molecule has 1 heterocycles. The minimum Gasteiger partial charge on any atom is -0.316 e. The summed E-state index contributed by atoms with van der Waals surface area (Å²) in [5.74, 6) is 1.19. The van der Waals surface area contributed by atoms with Crippen LogP contribution in [0.1, 0.15) is 33.1 Å². The summed E-state index contributed by atoms with van der Waals surface area (Å²) in [6, 6.07) is 0. The van der Waals surface area contributed by atoms with Gasteiger partial charge >= 0.3 is 0 Å². The van der Waals surface area contributed by atoms with Crippen LogP contribution in [-0.4, -0.2) is 45.2 Å². The van der Waals surface area contributed by atoms with Gasteiger partial charge in [-0.1, -0.05) is 13.8 Å². The van der Waals surface area contributed by atoms with E-state index in [2.05, 4.69) is 19.2 Å². The summed E-state index contributed by atoms with van der Waals surface area (Å²) in [7, 11) is -1.34. The molecule has 0 aromatic carbocycles. The van der Waals surface area contributed by atoms with E-state index < -0.39 is 10.0 Å². The first-order valence-corrected chi connectivity index (χ1v) is 8.17. The van der Waals surface area contributed by atoms with E-state index in [0.29, 0.717) is 18.4 Å². The minimum atomic E-state index is -3.05. The first kappa shape index (κ1) is 14.9. The number of sulfonamides is 1. The fraction of sp³-hybridized carbons (Fsp3) is 1.00. The van der Waals surface area contributed by atoms with Gasteiger partial charge in [0.15, 0.2) is 0 Å². The molecule has 1 aliphatic rings. The van der Waals surface area contributed by atoms with Gasteiger partial charge in [0.05, 0.1) is 5.75 Å². The Morgan fingerprint density at radius 3 is 2.65 bits per heavy atom. The van der Waals surface area contributed by atoms with E-state index in [0.717, 1.165) is 32.4 Å². The molecule has 0 aromatic rings. The molecule has 0 saturated carbocycles. The maximum atomic E-state index is 12.0. The molecular formula is C12H26N2O2S. The van der Waals surface area contributed by atoms with E-state index in [-0.39, 0.29) is 5.75 Å². The average molecular weight is 262 g/mol. The topological polar surface area (TPSA) is 49.4 Å². The van der Waals surface area contributed by atoms with E-state index in [1.165, 1.54) is 0 Å². The largest absolute Gasteiger partial charge is 0.316 e. The standard InChI is InChI=1S/C12H26N2O2S/c1-11(2)6-8-17(15,16)14(3)10-12-5-4-7-13-9-12/h11-13H,4-10H2,1-3H3. The van der Waals surface area contributed by atoms with E-state index in [9.17, 15) is 8.42 Å². The summed E-state index contributed by atoms with van der Waals surface area (Å²) >= 11 is 0. The van der Waals surface area contributed by atoms with Gasteiger partial charge in [-0.2, -0.15) is 0 Å². The fourth-order valence-electron chi connectivity index (χ4n) is 2.10. The zero-order chi connectivity index (χ0) is 12.9. The zero-order valence-corrected chi connectivity index (χ0v) is 12.1. The van der Waals surface area contributed by atoms with Crippen molar-refractivity contribution in [3.8, 4) is 0 Å². The molecule has 0 bridgehead atoms. The van der Waals surface area contributed by atoms with Gasteiger partial charge in [0.1, 0.15) is 0 Å². The molecule has 5 heteroatoms. The number of piperidine rings is 1. The normalized spacial score (nSPS) is 22.3. The zero-order valence-electron chi connectivity index (χ0n) is 11.3. The van der Waals surface area contributed by atoms with Gasteiger partial charge < -0.3 is 5.32 Å². The van der Waals surface area contributed by atoms with Crippen molar-refractivity contribution in [3.05, 3.63) is 0 Å². The summed E-state index contributed by atoms with van der Waals surface area (Å²) in [6.07, 6.45) is 3.04. The molecule has 1 unspecified atom stereocenters. The average Bonchev–Trinajstić information content (AvgIpc) is 2.28. The molecule has 1 saturated heterocycles. The smallest absolute Gasteiger partial charge is 0.213 e. The highest BCUT2D eigenvalue weighted by Gasteiger charge is 2.22. The first-order valence-electron chi connectivity index (χ1n) is 6.56. The van der Waals surface area contributed by atoms with E-state index in [1.807, 2.05) is 0 Å². The van der Waals surface area contributed by atoms with Crippen LogP contribution in [0.3, 0.4) is 0 Å². The van der Waals surface area contributed by atoms with E-state index >= 15 is 0 Å². The van der Waals surface area contributed by atoms with Crippen molar-refractivity contribution in [1.29, 1.82) is 0 Å². The second kappa shape index (κ2) is 6.71. The van der Waals surface area contributed by atoms with Gasteiger partial charge in [0.2, 0.25) is 10.0 Å².